The van der Waals surface area contributed by atoms with Gasteiger partial charge < -0.3 is 5.73 Å². The van der Waals surface area contributed by atoms with E-state index in [1.165, 1.54) is 0 Å². The molecule has 2 N–H and O–H groups in total. The van der Waals surface area contributed by atoms with E-state index in [-0.39, 0.29) is 17.5 Å². The second-order valence-electron chi connectivity index (χ2n) is 6.30. The van der Waals surface area contributed by atoms with Gasteiger partial charge in [-0.15, -0.1) is 0 Å². The lowest BCUT2D eigenvalue weighted by Crippen LogP contribution is -2.41. The summed E-state index contributed by atoms with van der Waals surface area (Å²) in [6.45, 7) is 9.70. The van der Waals surface area contributed by atoms with Gasteiger partial charge in [0.05, 0.1) is 6.04 Å². The second kappa shape index (κ2) is 6.05. The SMILES string of the molecule is CC(N)C(c1ccccc1Cl)N(C)CC(C)(C)C. The molecule has 2 unspecified atom stereocenters. The number of hydrogen-bond donors (Lipinski definition) is 1. The van der Waals surface area contributed by atoms with Crippen LogP contribution in [-0.2, 0) is 0 Å². The van der Waals surface area contributed by atoms with Gasteiger partial charge in [-0.05, 0) is 31.0 Å². The second-order valence-corrected chi connectivity index (χ2v) is 6.71. The van der Waals surface area contributed by atoms with E-state index < -0.39 is 0 Å². The fraction of sp³-hybridized carbons (Fsp3) is 0.600. The summed E-state index contributed by atoms with van der Waals surface area (Å²) >= 11 is 6.30. The largest absolute Gasteiger partial charge is 0.326 e. The summed E-state index contributed by atoms with van der Waals surface area (Å²) < 4.78 is 0. The normalized spacial score (nSPS) is 15.8. The van der Waals surface area contributed by atoms with Crippen molar-refractivity contribution in [1.82, 2.24) is 4.90 Å². The average Bonchev–Trinajstić information content (AvgIpc) is 2.17. The van der Waals surface area contributed by atoms with Gasteiger partial charge in [-0.25, -0.2) is 0 Å². The fourth-order valence-electron chi connectivity index (χ4n) is 2.48. The third kappa shape index (κ3) is 4.27. The first kappa shape index (κ1) is 15.5. The molecule has 1 aromatic rings. The molecule has 0 saturated carbocycles. The molecule has 3 heteroatoms. The summed E-state index contributed by atoms with van der Waals surface area (Å²) in [5.41, 5.74) is 7.51. The topological polar surface area (TPSA) is 29.3 Å². The molecule has 0 heterocycles. The number of nitrogens with zero attached hydrogens (tertiary/aromatic N) is 1. The first-order valence-corrected chi connectivity index (χ1v) is 6.80. The molecule has 0 amide bonds. The van der Waals surface area contributed by atoms with Gasteiger partial charge >= 0.3 is 0 Å². The Kier molecular flexibility index (Phi) is 5.20. The molecule has 18 heavy (non-hydrogen) atoms. The highest BCUT2D eigenvalue weighted by Gasteiger charge is 2.26. The number of benzene rings is 1. The zero-order valence-electron chi connectivity index (χ0n) is 12.1. The molecule has 1 aromatic carbocycles. The third-order valence-corrected chi connectivity index (χ3v) is 3.26. The molecular weight excluding hydrogens is 244 g/mol. The molecule has 0 saturated heterocycles. The molecule has 0 bridgehead atoms. The van der Waals surface area contributed by atoms with Crippen LogP contribution in [0.5, 0.6) is 0 Å². The van der Waals surface area contributed by atoms with Gasteiger partial charge in [0.15, 0.2) is 0 Å². The molecule has 0 radical (unpaired) electrons. The lowest BCUT2D eigenvalue weighted by molar-refractivity contribution is 0.157. The van der Waals surface area contributed by atoms with Crippen LogP contribution in [0, 0.1) is 5.41 Å². The fourth-order valence-corrected chi connectivity index (χ4v) is 2.73. The standard InChI is InChI=1S/C15H25ClN2/c1-11(17)14(18(5)10-15(2,3)4)12-8-6-7-9-13(12)16/h6-9,11,14H,10,17H2,1-5H3. The maximum Gasteiger partial charge on any atom is 0.0508 e. The molecule has 0 aliphatic carbocycles. The van der Waals surface area contributed by atoms with Crippen LogP contribution in [0.3, 0.4) is 0 Å². The lowest BCUT2D eigenvalue weighted by Gasteiger charge is -2.36. The average molecular weight is 269 g/mol. The Labute approximate surface area is 116 Å². The van der Waals surface area contributed by atoms with Crippen molar-refractivity contribution >= 4 is 11.6 Å². The molecule has 0 aromatic heterocycles. The molecule has 102 valence electrons. The van der Waals surface area contributed by atoms with Crippen molar-refractivity contribution in [2.75, 3.05) is 13.6 Å². The van der Waals surface area contributed by atoms with Crippen LogP contribution in [0.25, 0.3) is 0 Å². The highest BCUT2D eigenvalue weighted by molar-refractivity contribution is 6.31. The van der Waals surface area contributed by atoms with Crippen LogP contribution in [0.4, 0.5) is 0 Å². The van der Waals surface area contributed by atoms with Gasteiger partial charge in [-0.2, -0.15) is 0 Å². The van der Waals surface area contributed by atoms with Crippen LogP contribution in [0.1, 0.15) is 39.3 Å². The van der Waals surface area contributed by atoms with Crippen molar-refractivity contribution in [3.05, 3.63) is 34.9 Å². The Bertz CT molecular complexity index is 382. The number of hydrogen-bond acceptors (Lipinski definition) is 2. The summed E-state index contributed by atoms with van der Waals surface area (Å²) in [7, 11) is 2.11. The zero-order valence-corrected chi connectivity index (χ0v) is 12.8. The number of nitrogens with two attached hydrogens (primary N) is 1. The third-order valence-electron chi connectivity index (χ3n) is 2.92. The van der Waals surface area contributed by atoms with Crippen molar-refractivity contribution in [2.24, 2.45) is 11.1 Å². The first-order valence-electron chi connectivity index (χ1n) is 6.42. The van der Waals surface area contributed by atoms with E-state index in [2.05, 4.69) is 38.8 Å². The summed E-state index contributed by atoms with van der Waals surface area (Å²) in [6.07, 6.45) is 0. The Hall–Kier alpha value is -0.570. The predicted molar refractivity (Wildman–Crippen MR) is 79.9 cm³/mol. The van der Waals surface area contributed by atoms with E-state index in [9.17, 15) is 0 Å². The smallest absolute Gasteiger partial charge is 0.0508 e. The van der Waals surface area contributed by atoms with E-state index in [1.807, 2.05) is 25.1 Å². The summed E-state index contributed by atoms with van der Waals surface area (Å²) in [5.74, 6) is 0. The molecule has 0 fully saturated rings. The van der Waals surface area contributed by atoms with Crippen molar-refractivity contribution < 1.29 is 0 Å². The Morgan fingerprint density at radius 3 is 2.28 bits per heavy atom. The molecule has 0 aliphatic heterocycles. The summed E-state index contributed by atoms with van der Waals surface area (Å²) in [4.78, 5) is 2.30. The quantitative estimate of drug-likeness (QED) is 0.902. The first-order chi connectivity index (χ1) is 8.22. The minimum Gasteiger partial charge on any atom is -0.326 e. The van der Waals surface area contributed by atoms with Gasteiger partial charge in [0.1, 0.15) is 0 Å². The molecule has 0 aliphatic rings. The predicted octanol–water partition coefficient (Wildman–Crippen LogP) is 3.71. The van der Waals surface area contributed by atoms with Crippen molar-refractivity contribution in [3.8, 4) is 0 Å². The van der Waals surface area contributed by atoms with Crippen LogP contribution in [0.15, 0.2) is 24.3 Å². The summed E-state index contributed by atoms with van der Waals surface area (Å²) in [6, 6.07) is 8.15. The molecule has 1 rings (SSSR count). The van der Waals surface area contributed by atoms with Gasteiger partial charge in [0.25, 0.3) is 0 Å². The van der Waals surface area contributed by atoms with Crippen molar-refractivity contribution in [3.63, 3.8) is 0 Å². The van der Waals surface area contributed by atoms with Gasteiger partial charge in [-0.1, -0.05) is 50.6 Å². The van der Waals surface area contributed by atoms with Crippen molar-refractivity contribution in [1.29, 1.82) is 0 Å². The van der Waals surface area contributed by atoms with Gasteiger partial charge in [0, 0.05) is 17.6 Å². The Morgan fingerprint density at radius 2 is 1.83 bits per heavy atom. The minimum absolute atomic E-state index is 0.0391. The molecule has 0 spiro atoms. The van der Waals surface area contributed by atoms with E-state index in [0.29, 0.717) is 0 Å². The summed E-state index contributed by atoms with van der Waals surface area (Å²) in [5, 5.41) is 0.792. The van der Waals surface area contributed by atoms with Crippen LogP contribution >= 0.6 is 11.6 Å². The lowest BCUT2D eigenvalue weighted by atomic mass is 9.93. The zero-order chi connectivity index (χ0) is 13.9. The maximum absolute atomic E-state index is 6.30. The van der Waals surface area contributed by atoms with Crippen LogP contribution in [-0.4, -0.2) is 24.5 Å². The van der Waals surface area contributed by atoms with Gasteiger partial charge in [-0.3, -0.25) is 4.90 Å². The number of likely N-dealkylation sites (N-methyl/N-ethyl adjacent to an activating group) is 1. The molecular formula is C15H25ClN2. The van der Waals surface area contributed by atoms with Gasteiger partial charge in [0.2, 0.25) is 0 Å². The molecule has 2 atom stereocenters. The minimum atomic E-state index is 0.0391. The van der Waals surface area contributed by atoms with E-state index in [0.717, 1.165) is 17.1 Å². The Morgan fingerprint density at radius 1 is 1.28 bits per heavy atom. The molecule has 2 nitrogen and oxygen atoms in total. The van der Waals surface area contributed by atoms with Crippen LogP contribution in [0.2, 0.25) is 5.02 Å². The van der Waals surface area contributed by atoms with Crippen molar-refractivity contribution in [2.45, 2.75) is 39.8 Å². The monoisotopic (exact) mass is 268 g/mol. The highest BCUT2D eigenvalue weighted by Crippen LogP contribution is 2.30. The Balaban J connectivity index is 3.00. The van der Waals surface area contributed by atoms with E-state index in [1.54, 1.807) is 0 Å². The van der Waals surface area contributed by atoms with Crippen LogP contribution < -0.4 is 5.73 Å². The van der Waals surface area contributed by atoms with E-state index >= 15 is 0 Å². The maximum atomic E-state index is 6.30. The highest BCUT2D eigenvalue weighted by atomic mass is 35.5. The van der Waals surface area contributed by atoms with E-state index in [4.69, 9.17) is 17.3 Å². The number of halogens is 1. The number of rotatable bonds is 4.